The summed E-state index contributed by atoms with van der Waals surface area (Å²) in [5.41, 5.74) is 0. The average molecular weight is 151 g/mol. The number of rotatable bonds is 2. The van der Waals surface area contributed by atoms with E-state index >= 15 is 0 Å². The Hall–Kier alpha value is -1.13. The van der Waals surface area contributed by atoms with E-state index in [9.17, 15) is 13.6 Å². The molecule has 0 aromatic rings. The van der Waals surface area contributed by atoms with Gasteiger partial charge in [0.05, 0.1) is 0 Å². The first kappa shape index (κ1) is 8.87. The molecule has 0 aromatic carbocycles. The van der Waals surface area contributed by atoms with Crippen molar-refractivity contribution in [3.63, 3.8) is 0 Å². The van der Waals surface area contributed by atoms with Gasteiger partial charge in [0.15, 0.2) is 0 Å². The predicted octanol–water partition coefficient (Wildman–Crippen LogP) is 0.741. The van der Waals surface area contributed by atoms with Crippen LogP contribution in [0.25, 0.3) is 0 Å². The van der Waals surface area contributed by atoms with Gasteiger partial charge in [-0.15, -0.1) is 0 Å². The highest BCUT2D eigenvalue weighted by Gasteiger charge is 2.14. The number of carbonyl (C=O) groups is 1. The van der Waals surface area contributed by atoms with Crippen LogP contribution in [0.4, 0.5) is 8.78 Å². The lowest BCUT2D eigenvalue weighted by molar-refractivity contribution is -0.134. The Kier molecular flexibility index (Phi) is 2.79. The van der Waals surface area contributed by atoms with E-state index in [-0.39, 0.29) is 0 Å². The molecule has 0 radical (unpaired) electrons. The molecule has 0 saturated heterocycles. The van der Waals surface area contributed by atoms with Crippen molar-refractivity contribution < 1.29 is 18.7 Å². The zero-order valence-corrected chi connectivity index (χ0v) is 5.56. The van der Waals surface area contributed by atoms with E-state index in [1.807, 2.05) is 0 Å². The molecule has 0 spiro atoms. The number of halogens is 2. The summed E-state index contributed by atoms with van der Waals surface area (Å²) in [5, 5.41) is 7.90. The van der Waals surface area contributed by atoms with Crippen LogP contribution in [0.1, 0.15) is 0 Å². The van der Waals surface area contributed by atoms with Gasteiger partial charge in [0, 0.05) is 14.1 Å². The number of carboxylic acid groups (broad SMARTS) is 1. The molecule has 0 amide bonds. The van der Waals surface area contributed by atoms with Gasteiger partial charge in [-0.05, 0) is 0 Å². The first-order valence-electron chi connectivity index (χ1n) is 2.42. The average Bonchev–Trinajstić information content (AvgIpc) is 1.84. The quantitative estimate of drug-likeness (QED) is 0.467. The van der Waals surface area contributed by atoms with Gasteiger partial charge >= 0.3 is 5.97 Å². The smallest absolute Gasteiger partial charge is 0.369 e. The Morgan fingerprint density at radius 3 is 1.90 bits per heavy atom. The van der Waals surface area contributed by atoms with Gasteiger partial charge in [0.1, 0.15) is 0 Å². The van der Waals surface area contributed by atoms with Gasteiger partial charge in [-0.1, -0.05) is 0 Å². The minimum absolute atomic E-state index is 0.740. The molecule has 0 fully saturated rings. The maximum Gasteiger partial charge on any atom is 0.369 e. The van der Waals surface area contributed by atoms with Gasteiger partial charge in [0.25, 0.3) is 5.83 Å². The molecule has 0 rings (SSSR count). The van der Waals surface area contributed by atoms with Crippen molar-refractivity contribution in [1.29, 1.82) is 0 Å². The molecule has 0 bridgehead atoms. The standard InChI is InChI=1S/C5H7F2NO2/c1-8(2)4(7)3(6)5(9)10/h1-2H3,(H,9,10). The van der Waals surface area contributed by atoms with E-state index in [0.29, 0.717) is 0 Å². The van der Waals surface area contributed by atoms with Crippen LogP contribution >= 0.6 is 0 Å². The summed E-state index contributed by atoms with van der Waals surface area (Å²) in [5.74, 6) is -5.05. The fraction of sp³-hybridized carbons (Fsp3) is 0.400. The monoisotopic (exact) mass is 151 g/mol. The molecule has 10 heavy (non-hydrogen) atoms. The third kappa shape index (κ3) is 2.00. The Morgan fingerprint density at radius 2 is 1.80 bits per heavy atom. The number of nitrogens with zero attached hydrogens (tertiary/aromatic N) is 1. The summed E-state index contributed by atoms with van der Waals surface area (Å²) >= 11 is 0. The van der Waals surface area contributed by atoms with E-state index in [4.69, 9.17) is 5.11 Å². The predicted molar refractivity (Wildman–Crippen MR) is 30.6 cm³/mol. The molecule has 0 aliphatic heterocycles. The lowest BCUT2D eigenvalue weighted by Gasteiger charge is -2.07. The molecule has 0 saturated carbocycles. The first-order valence-corrected chi connectivity index (χ1v) is 2.42. The fourth-order valence-electron chi connectivity index (χ4n) is 0.285. The normalized spacial score (nSPS) is 12.4. The number of aliphatic carboxylic acids is 1. The Bertz CT molecular complexity index is 176. The van der Waals surface area contributed by atoms with Crippen molar-refractivity contribution in [2.24, 2.45) is 0 Å². The highest BCUT2D eigenvalue weighted by Crippen LogP contribution is 2.09. The van der Waals surface area contributed by atoms with Crippen LogP contribution in [0, 0.1) is 0 Å². The molecule has 3 nitrogen and oxygen atoms in total. The summed E-state index contributed by atoms with van der Waals surface area (Å²) in [7, 11) is 2.41. The largest absolute Gasteiger partial charge is 0.476 e. The van der Waals surface area contributed by atoms with Crippen molar-refractivity contribution in [3.8, 4) is 0 Å². The van der Waals surface area contributed by atoms with Crippen molar-refractivity contribution in [3.05, 3.63) is 11.8 Å². The third-order valence-electron chi connectivity index (χ3n) is 0.762. The van der Waals surface area contributed by atoms with Crippen LogP contribution in [-0.4, -0.2) is 30.1 Å². The highest BCUT2D eigenvalue weighted by molar-refractivity contribution is 5.84. The number of hydrogen-bond acceptors (Lipinski definition) is 2. The van der Waals surface area contributed by atoms with Gasteiger partial charge in [-0.3, -0.25) is 0 Å². The summed E-state index contributed by atoms with van der Waals surface area (Å²) in [6, 6.07) is 0. The minimum atomic E-state index is -1.90. The fourth-order valence-corrected chi connectivity index (χ4v) is 0.285. The Balaban J connectivity index is 4.50. The third-order valence-corrected chi connectivity index (χ3v) is 0.762. The molecule has 0 heterocycles. The SMILES string of the molecule is CN(C)C(F)=C(F)C(=O)O. The second-order valence-electron chi connectivity index (χ2n) is 1.80. The lowest BCUT2D eigenvalue weighted by atomic mass is 10.5. The van der Waals surface area contributed by atoms with Gasteiger partial charge in [0.2, 0.25) is 5.95 Å². The summed E-state index contributed by atoms with van der Waals surface area (Å²) in [6.45, 7) is 0. The maximum atomic E-state index is 12.2. The second kappa shape index (κ2) is 3.14. The molecule has 1 N–H and O–H groups in total. The molecule has 58 valence electrons. The van der Waals surface area contributed by atoms with E-state index < -0.39 is 17.7 Å². The van der Waals surface area contributed by atoms with Crippen molar-refractivity contribution in [2.75, 3.05) is 14.1 Å². The molecule has 0 aromatic heterocycles. The van der Waals surface area contributed by atoms with Crippen LogP contribution < -0.4 is 0 Å². The zero-order chi connectivity index (χ0) is 8.31. The van der Waals surface area contributed by atoms with E-state index in [1.165, 1.54) is 14.1 Å². The van der Waals surface area contributed by atoms with Crippen LogP contribution in [-0.2, 0) is 4.79 Å². The Labute approximate surface area is 56.6 Å². The van der Waals surface area contributed by atoms with E-state index in [2.05, 4.69) is 0 Å². The molecule has 0 aliphatic rings. The van der Waals surface area contributed by atoms with Gasteiger partial charge < -0.3 is 10.0 Å². The highest BCUT2D eigenvalue weighted by atomic mass is 19.2. The van der Waals surface area contributed by atoms with Crippen LogP contribution in [0.2, 0.25) is 0 Å². The first-order chi connectivity index (χ1) is 4.46. The molecular weight excluding hydrogens is 144 g/mol. The van der Waals surface area contributed by atoms with Crippen molar-refractivity contribution in [2.45, 2.75) is 0 Å². The molecule has 0 atom stereocenters. The summed E-state index contributed by atoms with van der Waals surface area (Å²) < 4.78 is 24.3. The molecule has 0 aliphatic carbocycles. The number of carboxylic acids is 1. The maximum absolute atomic E-state index is 12.2. The van der Waals surface area contributed by atoms with Gasteiger partial charge in [-0.2, -0.15) is 8.78 Å². The van der Waals surface area contributed by atoms with E-state index in [1.54, 1.807) is 0 Å². The second-order valence-corrected chi connectivity index (χ2v) is 1.80. The molecule has 0 unspecified atom stereocenters. The zero-order valence-electron chi connectivity index (χ0n) is 5.56. The molecule has 5 heteroatoms. The summed E-state index contributed by atoms with van der Waals surface area (Å²) in [6.07, 6.45) is 0. The lowest BCUT2D eigenvalue weighted by Crippen LogP contribution is -2.12. The van der Waals surface area contributed by atoms with Crippen LogP contribution in [0.15, 0.2) is 11.8 Å². The molecular formula is C5H7F2NO2. The number of hydrogen-bond donors (Lipinski definition) is 1. The van der Waals surface area contributed by atoms with E-state index in [0.717, 1.165) is 4.90 Å². The van der Waals surface area contributed by atoms with Gasteiger partial charge in [-0.25, -0.2) is 4.79 Å². The Morgan fingerprint density at radius 1 is 1.40 bits per heavy atom. The van der Waals surface area contributed by atoms with Crippen LogP contribution in [0.3, 0.4) is 0 Å². The topological polar surface area (TPSA) is 40.5 Å². The van der Waals surface area contributed by atoms with Crippen LogP contribution in [0.5, 0.6) is 0 Å². The summed E-state index contributed by atoms with van der Waals surface area (Å²) in [4.78, 5) is 10.5. The minimum Gasteiger partial charge on any atom is -0.476 e. The van der Waals surface area contributed by atoms with Crippen molar-refractivity contribution in [1.82, 2.24) is 4.90 Å². The van der Waals surface area contributed by atoms with Crippen molar-refractivity contribution >= 4 is 5.97 Å².